The van der Waals surface area contributed by atoms with Gasteiger partial charge in [-0.2, -0.15) is 0 Å². The van der Waals surface area contributed by atoms with Crippen LogP contribution < -0.4 is 0 Å². The fourth-order valence-electron chi connectivity index (χ4n) is 7.03. The highest BCUT2D eigenvalue weighted by atomic mass is 16.6. The zero-order chi connectivity index (χ0) is 28.5. The number of aliphatic hydroxyl groups is 1. The van der Waals surface area contributed by atoms with E-state index in [4.69, 9.17) is 9.47 Å². The smallest absolute Gasteiger partial charge is 0.312 e. The molecular weight excluding hydrogens is 496 g/mol. The average Bonchev–Trinajstić information content (AvgIpc) is 3.42. The fraction of sp³-hybridized carbons (Fsp3) is 0.581. The van der Waals surface area contributed by atoms with Gasteiger partial charge in [0.15, 0.2) is 0 Å². The second-order valence-electron chi connectivity index (χ2n) is 11.6. The summed E-state index contributed by atoms with van der Waals surface area (Å²) < 4.78 is 12.4. The van der Waals surface area contributed by atoms with E-state index in [2.05, 4.69) is 13.2 Å². The Balaban J connectivity index is 1.82. The van der Waals surface area contributed by atoms with Crippen molar-refractivity contribution in [1.82, 2.24) is 9.80 Å². The van der Waals surface area contributed by atoms with Gasteiger partial charge in [0.2, 0.25) is 11.8 Å². The molecule has 3 unspecified atom stereocenters. The number of amides is 2. The van der Waals surface area contributed by atoms with Crippen molar-refractivity contribution in [2.75, 3.05) is 19.8 Å². The van der Waals surface area contributed by atoms with Crippen molar-refractivity contribution in [2.45, 2.75) is 76.3 Å². The van der Waals surface area contributed by atoms with Crippen LogP contribution in [0.5, 0.6) is 0 Å². The van der Waals surface area contributed by atoms with Gasteiger partial charge in [0.1, 0.15) is 17.6 Å². The zero-order valence-corrected chi connectivity index (χ0v) is 23.5. The van der Waals surface area contributed by atoms with Crippen molar-refractivity contribution in [2.24, 2.45) is 17.8 Å². The van der Waals surface area contributed by atoms with E-state index >= 15 is 0 Å². The first kappa shape index (κ1) is 29.0. The molecule has 3 fully saturated rings. The Hall–Kier alpha value is -2.97. The Morgan fingerprint density at radius 1 is 1.26 bits per heavy atom. The maximum atomic E-state index is 14.4. The Kier molecular flexibility index (Phi) is 8.38. The largest absolute Gasteiger partial charge is 0.465 e. The molecule has 8 heteroatoms. The van der Waals surface area contributed by atoms with Crippen LogP contribution in [0, 0.1) is 17.8 Å². The van der Waals surface area contributed by atoms with Crippen LogP contribution in [0.2, 0.25) is 0 Å². The second-order valence-corrected chi connectivity index (χ2v) is 11.6. The van der Waals surface area contributed by atoms with Gasteiger partial charge in [-0.3, -0.25) is 14.4 Å². The lowest BCUT2D eigenvalue weighted by molar-refractivity contribution is -0.164. The number of rotatable bonds is 12. The molecule has 0 saturated carbocycles. The molecule has 1 aromatic carbocycles. The van der Waals surface area contributed by atoms with Crippen molar-refractivity contribution in [3.8, 4) is 0 Å². The lowest BCUT2D eigenvalue weighted by Gasteiger charge is -2.40. The number of benzene rings is 1. The van der Waals surface area contributed by atoms with E-state index in [1.54, 1.807) is 17.1 Å². The fourth-order valence-corrected chi connectivity index (χ4v) is 7.03. The number of hydrogen-bond donors (Lipinski definition) is 1. The van der Waals surface area contributed by atoms with Crippen molar-refractivity contribution in [1.29, 1.82) is 0 Å². The Bertz CT molecular complexity index is 1110. The molecule has 0 radical (unpaired) electrons. The summed E-state index contributed by atoms with van der Waals surface area (Å²) in [6.07, 6.45) is 4.64. The maximum Gasteiger partial charge on any atom is 0.312 e. The van der Waals surface area contributed by atoms with Gasteiger partial charge in [-0.25, -0.2) is 0 Å². The molecule has 8 nitrogen and oxygen atoms in total. The molecule has 1 aromatic rings. The van der Waals surface area contributed by atoms with Crippen LogP contribution in [0.1, 0.15) is 46.1 Å². The van der Waals surface area contributed by atoms with Crippen LogP contribution in [0.25, 0.3) is 0 Å². The summed E-state index contributed by atoms with van der Waals surface area (Å²) in [7, 11) is 0. The SMILES string of the molecule is C=CCCOC(=O)[C@@H]1[C@H]2C(=O)N([C@@H](CO)Cc3ccccc3)C(C(=O)N(CC=C)C(C)C)C23CC(C)[C@@]1(C)O3. The molecule has 7 atom stereocenters. The predicted molar refractivity (Wildman–Crippen MR) is 147 cm³/mol. The number of carbonyl (C=O) groups is 3. The molecule has 0 aromatic heterocycles. The minimum absolute atomic E-state index is 0.0950. The van der Waals surface area contributed by atoms with Gasteiger partial charge in [-0.1, -0.05) is 49.4 Å². The minimum Gasteiger partial charge on any atom is -0.465 e. The van der Waals surface area contributed by atoms with E-state index in [-0.39, 0.29) is 37.0 Å². The molecular formula is C31H42N2O6. The normalized spacial score (nSPS) is 31.7. The third-order valence-corrected chi connectivity index (χ3v) is 8.96. The van der Waals surface area contributed by atoms with E-state index in [1.807, 2.05) is 58.0 Å². The molecule has 0 aliphatic carbocycles. The number of hydrogen-bond acceptors (Lipinski definition) is 6. The lowest BCUT2D eigenvalue weighted by atomic mass is 9.62. The summed E-state index contributed by atoms with van der Waals surface area (Å²) in [5, 5.41) is 10.6. The number of fused-ring (bicyclic) bond motifs is 1. The Morgan fingerprint density at radius 2 is 1.95 bits per heavy atom. The number of esters is 1. The van der Waals surface area contributed by atoms with Crippen LogP contribution in [-0.2, 0) is 30.3 Å². The third kappa shape index (κ3) is 4.72. The number of carbonyl (C=O) groups excluding carboxylic acids is 3. The highest BCUT2D eigenvalue weighted by Crippen LogP contribution is 2.65. The van der Waals surface area contributed by atoms with Crippen LogP contribution in [-0.4, -0.2) is 81.8 Å². The predicted octanol–water partition coefficient (Wildman–Crippen LogP) is 3.14. The molecule has 1 N–H and O–H groups in total. The monoisotopic (exact) mass is 538 g/mol. The van der Waals surface area contributed by atoms with Crippen LogP contribution >= 0.6 is 0 Å². The van der Waals surface area contributed by atoms with Crippen LogP contribution in [0.4, 0.5) is 0 Å². The molecule has 2 amide bonds. The van der Waals surface area contributed by atoms with E-state index < -0.39 is 41.1 Å². The summed E-state index contributed by atoms with van der Waals surface area (Å²) in [5.74, 6) is -2.93. The number of ether oxygens (including phenoxy) is 2. The molecule has 212 valence electrons. The van der Waals surface area contributed by atoms with Gasteiger partial charge in [0.25, 0.3) is 0 Å². The van der Waals surface area contributed by atoms with Crippen molar-refractivity contribution in [3.63, 3.8) is 0 Å². The number of aliphatic hydroxyl groups excluding tert-OH is 1. The molecule has 3 heterocycles. The van der Waals surface area contributed by atoms with Gasteiger partial charge in [0, 0.05) is 12.6 Å². The highest BCUT2D eigenvalue weighted by molar-refractivity contribution is 5.99. The van der Waals surface area contributed by atoms with E-state index in [9.17, 15) is 19.5 Å². The molecule has 1 spiro atoms. The summed E-state index contributed by atoms with van der Waals surface area (Å²) in [6, 6.07) is 7.75. The van der Waals surface area contributed by atoms with E-state index in [1.165, 1.54) is 4.90 Å². The zero-order valence-electron chi connectivity index (χ0n) is 23.5. The number of nitrogens with zero attached hydrogens (tertiary/aromatic N) is 2. The molecule has 3 aliphatic rings. The van der Waals surface area contributed by atoms with Gasteiger partial charge < -0.3 is 24.4 Å². The summed E-state index contributed by atoms with van der Waals surface area (Å²) >= 11 is 0. The van der Waals surface area contributed by atoms with Crippen molar-refractivity contribution < 1.29 is 29.0 Å². The lowest BCUT2D eigenvalue weighted by Crippen LogP contribution is -2.60. The molecule has 39 heavy (non-hydrogen) atoms. The first-order chi connectivity index (χ1) is 18.6. The van der Waals surface area contributed by atoms with E-state index in [0.717, 1.165) is 5.56 Å². The topological polar surface area (TPSA) is 96.4 Å². The first-order valence-electron chi connectivity index (χ1n) is 13.9. The van der Waals surface area contributed by atoms with Crippen LogP contribution in [0.3, 0.4) is 0 Å². The highest BCUT2D eigenvalue weighted by Gasteiger charge is 2.80. The van der Waals surface area contributed by atoms with Gasteiger partial charge in [0.05, 0.1) is 30.8 Å². The average molecular weight is 539 g/mol. The Morgan fingerprint density at radius 3 is 2.54 bits per heavy atom. The Labute approximate surface area is 231 Å². The first-order valence-corrected chi connectivity index (χ1v) is 13.9. The maximum absolute atomic E-state index is 14.4. The van der Waals surface area contributed by atoms with Crippen molar-refractivity contribution in [3.05, 3.63) is 61.2 Å². The second kappa shape index (κ2) is 11.3. The van der Waals surface area contributed by atoms with Gasteiger partial charge in [-0.05, 0) is 51.5 Å². The number of likely N-dealkylation sites (tertiary alicyclic amines) is 1. The van der Waals surface area contributed by atoms with Gasteiger partial charge in [-0.15, -0.1) is 13.2 Å². The summed E-state index contributed by atoms with van der Waals surface area (Å²) in [5.41, 5.74) is -1.23. The molecule has 2 bridgehead atoms. The quantitative estimate of drug-likeness (QED) is 0.250. The molecule has 3 aliphatic heterocycles. The van der Waals surface area contributed by atoms with Crippen molar-refractivity contribution >= 4 is 17.8 Å². The summed E-state index contributed by atoms with van der Waals surface area (Å²) in [6.45, 7) is 15.3. The molecule has 4 rings (SSSR count). The summed E-state index contributed by atoms with van der Waals surface area (Å²) in [4.78, 5) is 45.6. The van der Waals surface area contributed by atoms with Crippen LogP contribution in [0.15, 0.2) is 55.6 Å². The van der Waals surface area contributed by atoms with E-state index in [0.29, 0.717) is 25.8 Å². The van der Waals surface area contributed by atoms with Gasteiger partial charge >= 0.3 is 5.97 Å². The minimum atomic E-state index is -1.21. The standard InChI is InChI=1S/C31H42N2O6/c1-7-9-16-38-29(37)25-24-27(35)33(23(19-34)17-22-13-11-10-12-14-22)26(28(36)32(15-8-2)20(3)4)31(24)18-21(5)30(25,6)39-31/h7-8,10-14,20-21,23-26,34H,1-2,9,15-19H2,3-6H3/t21?,23-,24+,25+,26?,30-,31?/m1/s1. The third-order valence-electron chi connectivity index (χ3n) is 8.96. The molecule has 3 saturated heterocycles.